The molecule has 11 heteroatoms. The minimum atomic E-state index is -4.21. The summed E-state index contributed by atoms with van der Waals surface area (Å²) in [6.07, 6.45) is 0. The van der Waals surface area contributed by atoms with Gasteiger partial charge in [-0.1, -0.05) is 24.3 Å². The first-order chi connectivity index (χ1) is 15.4. The molecule has 0 atom stereocenters. The van der Waals surface area contributed by atoms with Crippen molar-refractivity contribution in [2.45, 2.75) is 30.4 Å². The fourth-order valence-electron chi connectivity index (χ4n) is 2.82. The van der Waals surface area contributed by atoms with Crippen LogP contribution in [0, 0.1) is 13.8 Å². The monoisotopic (exact) mass is 493 g/mol. The van der Waals surface area contributed by atoms with Crippen molar-refractivity contribution in [3.63, 3.8) is 0 Å². The van der Waals surface area contributed by atoms with Crippen molar-refractivity contribution >= 4 is 26.1 Å². The molecule has 1 heterocycles. The molecular weight excluding hydrogens is 470 g/mol. The summed E-state index contributed by atoms with van der Waals surface area (Å²) in [4.78, 5) is 12.6. The molecule has 33 heavy (non-hydrogen) atoms. The lowest BCUT2D eigenvalue weighted by molar-refractivity contribution is 0.0438. The number of hydrogen-bond acceptors (Lipinski definition) is 8. The summed E-state index contributed by atoms with van der Waals surface area (Å²) in [6, 6.07) is 13.3. The smallest absolute Gasteiger partial charge is 0.342 e. The minimum Gasteiger partial charge on any atom is -0.454 e. The van der Waals surface area contributed by atoms with Gasteiger partial charge in [0.2, 0.25) is 5.09 Å². The number of nitrogens with zero attached hydrogens (tertiary/aromatic N) is 1. The van der Waals surface area contributed by atoms with E-state index in [2.05, 4.69) is 0 Å². The summed E-state index contributed by atoms with van der Waals surface area (Å²) in [5.41, 5.74) is 1.13. The van der Waals surface area contributed by atoms with Gasteiger partial charge >= 0.3 is 16.1 Å². The molecule has 0 aliphatic carbocycles. The Morgan fingerprint density at radius 2 is 1.67 bits per heavy atom. The van der Waals surface area contributed by atoms with E-state index in [0.29, 0.717) is 5.56 Å². The standard InChI is InChI=1S/C22H23NO8S2/c1-15-9-10-16(2)20(13-15)33(27,28)31-19-8-6-5-7-18(19)22(24)29-14-17-11-12-21(30-17)32(25,26)23(3)4/h5-13H,14H2,1-4H3. The zero-order valence-electron chi connectivity index (χ0n) is 18.4. The minimum absolute atomic E-state index is 0.00381. The predicted molar refractivity (Wildman–Crippen MR) is 119 cm³/mol. The van der Waals surface area contributed by atoms with Gasteiger partial charge in [-0.3, -0.25) is 0 Å². The molecule has 0 amide bonds. The molecule has 3 aromatic rings. The van der Waals surface area contributed by atoms with Crippen LogP contribution in [-0.2, 0) is 31.5 Å². The number of para-hydroxylation sites is 1. The van der Waals surface area contributed by atoms with Crippen molar-refractivity contribution in [3.05, 3.63) is 77.0 Å². The molecule has 2 aromatic carbocycles. The van der Waals surface area contributed by atoms with Crippen molar-refractivity contribution in [2.24, 2.45) is 0 Å². The number of ether oxygens (including phenoxy) is 1. The molecule has 0 aliphatic heterocycles. The van der Waals surface area contributed by atoms with Gasteiger partial charge in [0.15, 0.2) is 5.75 Å². The van der Waals surface area contributed by atoms with E-state index in [-0.39, 0.29) is 33.7 Å². The van der Waals surface area contributed by atoms with Crippen LogP contribution in [0.1, 0.15) is 27.2 Å². The first-order valence-corrected chi connectivity index (χ1v) is 12.6. The topological polar surface area (TPSA) is 120 Å². The van der Waals surface area contributed by atoms with Crippen molar-refractivity contribution < 1.29 is 35.0 Å². The molecule has 0 saturated carbocycles. The van der Waals surface area contributed by atoms with E-state index in [9.17, 15) is 21.6 Å². The molecule has 0 saturated heterocycles. The average Bonchev–Trinajstić information content (AvgIpc) is 3.23. The van der Waals surface area contributed by atoms with E-state index >= 15 is 0 Å². The Bertz CT molecular complexity index is 1390. The van der Waals surface area contributed by atoms with Gasteiger partial charge in [0.1, 0.15) is 22.8 Å². The Morgan fingerprint density at radius 3 is 2.36 bits per heavy atom. The van der Waals surface area contributed by atoms with Gasteiger partial charge in [-0.05, 0) is 55.3 Å². The Balaban J connectivity index is 1.79. The summed E-state index contributed by atoms with van der Waals surface area (Å²) in [5, 5.41) is -0.290. The van der Waals surface area contributed by atoms with Crippen LogP contribution in [0.3, 0.4) is 0 Å². The number of carbonyl (C=O) groups excluding carboxylic acids is 1. The number of furan rings is 1. The van der Waals surface area contributed by atoms with Crippen molar-refractivity contribution in [3.8, 4) is 5.75 Å². The number of aryl methyl sites for hydroxylation is 2. The van der Waals surface area contributed by atoms with Crippen LogP contribution < -0.4 is 4.18 Å². The number of esters is 1. The number of hydrogen-bond donors (Lipinski definition) is 0. The van der Waals surface area contributed by atoms with Crippen molar-refractivity contribution in [2.75, 3.05) is 14.1 Å². The fraction of sp³-hybridized carbons (Fsp3) is 0.227. The molecule has 0 fully saturated rings. The maximum atomic E-state index is 12.8. The highest BCUT2D eigenvalue weighted by atomic mass is 32.2. The lowest BCUT2D eigenvalue weighted by atomic mass is 10.2. The van der Waals surface area contributed by atoms with Crippen molar-refractivity contribution in [1.29, 1.82) is 0 Å². The molecular formula is C22H23NO8S2. The number of rotatable bonds is 8. The van der Waals surface area contributed by atoms with E-state index in [1.165, 1.54) is 56.6 Å². The molecule has 3 rings (SSSR count). The van der Waals surface area contributed by atoms with Gasteiger partial charge in [0.25, 0.3) is 10.0 Å². The lowest BCUT2D eigenvalue weighted by Gasteiger charge is -2.13. The average molecular weight is 494 g/mol. The van der Waals surface area contributed by atoms with E-state index in [1.807, 2.05) is 0 Å². The van der Waals surface area contributed by atoms with E-state index in [1.54, 1.807) is 26.0 Å². The first-order valence-electron chi connectivity index (χ1n) is 9.71. The highest BCUT2D eigenvalue weighted by Crippen LogP contribution is 2.26. The SMILES string of the molecule is Cc1ccc(C)c(S(=O)(=O)Oc2ccccc2C(=O)OCc2ccc(S(=O)(=O)N(C)C)o2)c1. The summed E-state index contributed by atoms with van der Waals surface area (Å²) >= 11 is 0. The quantitative estimate of drug-likeness (QED) is 0.346. The predicted octanol–water partition coefficient (Wildman–Crippen LogP) is 3.27. The molecule has 1 aromatic heterocycles. The van der Waals surface area contributed by atoms with Crippen molar-refractivity contribution in [1.82, 2.24) is 4.31 Å². The van der Waals surface area contributed by atoms with Crippen LogP contribution >= 0.6 is 0 Å². The van der Waals surface area contributed by atoms with E-state index in [0.717, 1.165) is 9.87 Å². The van der Waals surface area contributed by atoms with Crippen LogP contribution in [0.4, 0.5) is 0 Å². The normalized spacial score (nSPS) is 12.0. The third kappa shape index (κ3) is 5.44. The van der Waals surface area contributed by atoms with Gasteiger partial charge in [-0.25, -0.2) is 17.5 Å². The third-order valence-corrected chi connectivity index (χ3v) is 7.70. The fourth-order valence-corrected chi connectivity index (χ4v) is 4.89. The maximum absolute atomic E-state index is 12.8. The molecule has 0 bridgehead atoms. The molecule has 0 N–H and O–H groups in total. The van der Waals surface area contributed by atoms with Gasteiger partial charge in [0.05, 0.1) is 0 Å². The molecule has 0 spiro atoms. The summed E-state index contributed by atoms with van der Waals surface area (Å²) in [7, 11) is -5.25. The zero-order chi connectivity index (χ0) is 24.4. The van der Waals surface area contributed by atoms with Crippen LogP contribution in [0.2, 0.25) is 0 Å². The Morgan fingerprint density at radius 1 is 0.970 bits per heavy atom. The number of sulfonamides is 1. The highest BCUT2D eigenvalue weighted by molar-refractivity contribution is 7.89. The second-order valence-electron chi connectivity index (χ2n) is 7.39. The first kappa shape index (κ1) is 24.5. The van der Waals surface area contributed by atoms with E-state index in [4.69, 9.17) is 13.3 Å². The van der Waals surface area contributed by atoms with Gasteiger partial charge < -0.3 is 13.3 Å². The molecule has 0 unspecified atom stereocenters. The Hall–Kier alpha value is -3.15. The van der Waals surface area contributed by atoms with Crippen LogP contribution in [0.5, 0.6) is 5.75 Å². The summed E-state index contributed by atoms with van der Waals surface area (Å²) < 4.78 is 66.6. The lowest BCUT2D eigenvalue weighted by Crippen LogP contribution is -2.21. The van der Waals surface area contributed by atoms with Gasteiger partial charge in [0, 0.05) is 14.1 Å². The van der Waals surface area contributed by atoms with Crippen LogP contribution in [0.15, 0.2) is 69.0 Å². The van der Waals surface area contributed by atoms with Crippen LogP contribution in [0.25, 0.3) is 0 Å². The third-order valence-electron chi connectivity index (χ3n) is 4.64. The Labute approximate surface area is 192 Å². The second kappa shape index (κ2) is 9.38. The number of carbonyl (C=O) groups is 1. The molecule has 9 nitrogen and oxygen atoms in total. The molecule has 0 radical (unpaired) electrons. The van der Waals surface area contributed by atoms with Gasteiger partial charge in [-0.2, -0.15) is 8.42 Å². The Kier molecular flexibility index (Phi) is 6.96. The highest BCUT2D eigenvalue weighted by Gasteiger charge is 2.25. The van der Waals surface area contributed by atoms with Gasteiger partial charge in [-0.15, -0.1) is 0 Å². The molecule has 0 aliphatic rings. The van der Waals surface area contributed by atoms with E-state index < -0.39 is 26.1 Å². The molecule has 176 valence electrons. The summed E-state index contributed by atoms with van der Waals surface area (Å²) in [5.74, 6) is -0.959. The summed E-state index contributed by atoms with van der Waals surface area (Å²) in [6.45, 7) is 3.04. The maximum Gasteiger partial charge on any atom is 0.342 e. The largest absolute Gasteiger partial charge is 0.454 e. The second-order valence-corrected chi connectivity index (χ2v) is 11.0. The van der Waals surface area contributed by atoms with Crippen LogP contribution in [-0.4, -0.2) is 41.2 Å². The number of benzene rings is 2. The zero-order valence-corrected chi connectivity index (χ0v) is 20.1.